The highest BCUT2D eigenvalue weighted by atomic mass is 16.5. The number of carbonyl (C=O) groups excluding carboxylic acids is 1. The van der Waals surface area contributed by atoms with Crippen LogP contribution in [0.5, 0.6) is 0 Å². The fourth-order valence-electron chi connectivity index (χ4n) is 3.87. The molecule has 0 saturated heterocycles. The largest absolute Gasteiger partial charge is 0.463 e. The van der Waals surface area contributed by atoms with Gasteiger partial charge in [-0.05, 0) is 24.5 Å². The molecule has 29 heavy (non-hydrogen) atoms. The second-order valence-corrected chi connectivity index (χ2v) is 7.27. The number of aromatic nitrogens is 2. The van der Waals surface area contributed by atoms with Crippen molar-refractivity contribution < 1.29 is 9.53 Å². The van der Waals surface area contributed by atoms with Crippen LogP contribution in [0.15, 0.2) is 66.9 Å². The van der Waals surface area contributed by atoms with E-state index in [0.717, 1.165) is 38.7 Å². The molecule has 2 aromatic heterocycles. The van der Waals surface area contributed by atoms with Crippen LogP contribution in [0.1, 0.15) is 37.9 Å². The minimum atomic E-state index is -0.339. The number of benzene rings is 2. The number of hydrogen-bond donors (Lipinski definition) is 0. The van der Waals surface area contributed by atoms with Crippen molar-refractivity contribution in [2.24, 2.45) is 0 Å². The van der Waals surface area contributed by atoms with Crippen molar-refractivity contribution in [3.05, 3.63) is 78.1 Å². The van der Waals surface area contributed by atoms with Gasteiger partial charge in [0.1, 0.15) is 0 Å². The molecule has 0 aliphatic rings. The summed E-state index contributed by atoms with van der Waals surface area (Å²) in [5.74, 6) is -0.121. The zero-order chi connectivity index (χ0) is 20.4. The Labute approximate surface area is 170 Å². The number of fused-ring (bicyclic) bond motifs is 3. The van der Waals surface area contributed by atoms with E-state index in [1.807, 2.05) is 54.0 Å². The monoisotopic (exact) mass is 384 g/mol. The Morgan fingerprint density at radius 1 is 1.10 bits per heavy atom. The molecule has 146 valence electrons. The molecule has 0 spiro atoms. The standard InChI is InChI=1S/C25H24N2O2/c1-4-29-22(28)15-14-21-23(18-10-6-5-7-11-18)25-20-13-9-8-12-19(20)16-26-27(25)24(21)17(2)3/h5-17H,4H2,1-3H3. The molecule has 0 fully saturated rings. The molecular formula is C25H24N2O2. The molecule has 0 N–H and O–H groups in total. The quantitative estimate of drug-likeness (QED) is 0.320. The Balaban J connectivity index is 2.12. The Hall–Kier alpha value is -3.40. The molecule has 2 heterocycles. The van der Waals surface area contributed by atoms with E-state index in [4.69, 9.17) is 9.84 Å². The van der Waals surface area contributed by atoms with Crippen molar-refractivity contribution in [1.29, 1.82) is 0 Å². The molecule has 0 radical (unpaired) electrons. The Morgan fingerprint density at radius 3 is 2.55 bits per heavy atom. The number of rotatable bonds is 5. The van der Waals surface area contributed by atoms with Crippen molar-refractivity contribution in [3.8, 4) is 11.1 Å². The number of carbonyl (C=O) groups is 1. The van der Waals surface area contributed by atoms with Crippen LogP contribution in [0.2, 0.25) is 0 Å². The maximum atomic E-state index is 12.0. The third-order valence-corrected chi connectivity index (χ3v) is 5.03. The average molecular weight is 384 g/mol. The van der Waals surface area contributed by atoms with E-state index in [9.17, 15) is 4.79 Å². The van der Waals surface area contributed by atoms with E-state index in [0.29, 0.717) is 6.61 Å². The highest BCUT2D eigenvalue weighted by molar-refractivity contribution is 6.06. The van der Waals surface area contributed by atoms with Crippen molar-refractivity contribution in [1.82, 2.24) is 9.61 Å². The summed E-state index contributed by atoms with van der Waals surface area (Å²) in [6.07, 6.45) is 5.29. The molecule has 0 amide bonds. The zero-order valence-corrected chi connectivity index (χ0v) is 16.9. The molecule has 2 aromatic carbocycles. The van der Waals surface area contributed by atoms with Crippen molar-refractivity contribution in [3.63, 3.8) is 0 Å². The first-order valence-electron chi connectivity index (χ1n) is 9.94. The minimum Gasteiger partial charge on any atom is -0.463 e. The number of hydrogen-bond acceptors (Lipinski definition) is 3. The fourth-order valence-corrected chi connectivity index (χ4v) is 3.87. The second kappa shape index (κ2) is 7.92. The molecule has 0 saturated carbocycles. The van der Waals surface area contributed by atoms with Crippen molar-refractivity contribution >= 4 is 28.3 Å². The Morgan fingerprint density at radius 2 is 1.83 bits per heavy atom. The summed E-state index contributed by atoms with van der Waals surface area (Å²) in [4.78, 5) is 12.0. The van der Waals surface area contributed by atoms with Gasteiger partial charge >= 0.3 is 5.97 Å². The Kier molecular flexibility index (Phi) is 5.17. The van der Waals surface area contributed by atoms with Gasteiger partial charge in [0.2, 0.25) is 0 Å². The summed E-state index contributed by atoms with van der Waals surface area (Å²) in [7, 11) is 0. The fraction of sp³-hybridized carbons (Fsp3) is 0.200. The molecule has 0 atom stereocenters. The van der Waals surface area contributed by atoms with Gasteiger partial charge in [-0.3, -0.25) is 0 Å². The molecule has 0 bridgehead atoms. The van der Waals surface area contributed by atoms with Crippen LogP contribution in [-0.2, 0) is 9.53 Å². The molecular weight excluding hydrogens is 360 g/mol. The summed E-state index contributed by atoms with van der Waals surface area (Å²) < 4.78 is 7.13. The van der Waals surface area contributed by atoms with Gasteiger partial charge in [-0.2, -0.15) is 5.10 Å². The SMILES string of the molecule is CCOC(=O)C=Cc1c(-c2ccccc2)c2c3ccccc3cnn2c1C(C)C. The maximum Gasteiger partial charge on any atom is 0.330 e. The van der Waals surface area contributed by atoms with Gasteiger partial charge in [-0.15, -0.1) is 0 Å². The van der Waals surface area contributed by atoms with Crippen LogP contribution >= 0.6 is 0 Å². The van der Waals surface area contributed by atoms with E-state index < -0.39 is 0 Å². The van der Waals surface area contributed by atoms with Gasteiger partial charge < -0.3 is 4.74 Å². The molecule has 0 unspecified atom stereocenters. The highest BCUT2D eigenvalue weighted by Crippen LogP contribution is 2.39. The van der Waals surface area contributed by atoms with Gasteiger partial charge in [0.15, 0.2) is 0 Å². The minimum absolute atomic E-state index is 0.218. The van der Waals surface area contributed by atoms with Crippen LogP contribution in [0.25, 0.3) is 33.5 Å². The predicted octanol–water partition coefficient (Wildman–Crippen LogP) is 5.85. The molecule has 4 heteroatoms. The average Bonchev–Trinajstić information content (AvgIpc) is 3.08. The number of nitrogens with zero attached hydrogens (tertiary/aromatic N) is 2. The van der Waals surface area contributed by atoms with Crippen LogP contribution in [0, 0.1) is 0 Å². The smallest absolute Gasteiger partial charge is 0.330 e. The van der Waals surface area contributed by atoms with Crippen LogP contribution in [0.4, 0.5) is 0 Å². The molecule has 0 aliphatic heterocycles. The third kappa shape index (κ3) is 3.42. The predicted molar refractivity (Wildman–Crippen MR) is 118 cm³/mol. The van der Waals surface area contributed by atoms with E-state index in [1.54, 1.807) is 0 Å². The summed E-state index contributed by atoms with van der Waals surface area (Å²) in [5, 5.41) is 6.99. The van der Waals surface area contributed by atoms with Crippen LogP contribution in [0.3, 0.4) is 0 Å². The summed E-state index contributed by atoms with van der Waals surface area (Å²) in [6, 6.07) is 18.6. The van der Waals surface area contributed by atoms with Gasteiger partial charge in [0.05, 0.1) is 24.0 Å². The number of esters is 1. The van der Waals surface area contributed by atoms with Gasteiger partial charge in [0.25, 0.3) is 0 Å². The van der Waals surface area contributed by atoms with Crippen LogP contribution in [-0.4, -0.2) is 22.2 Å². The van der Waals surface area contributed by atoms with Gasteiger partial charge in [-0.25, -0.2) is 9.31 Å². The first kappa shape index (κ1) is 18.9. The lowest BCUT2D eigenvalue weighted by Crippen LogP contribution is -2.01. The van der Waals surface area contributed by atoms with Crippen LogP contribution < -0.4 is 0 Å². The maximum absolute atomic E-state index is 12.0. The second-order valence-electron chi connectivity index (χ2n) is 7.27. The van der Waals surface area contributed by atoms with E-state index in [-0.39, 0.29) is 11.9 Å². The topological polar surface area (TPSA) is 43.6 Å². The normalized spacial score (nSPS) is 11.7. The highest BCUT2D eigenvalue weighted by Gasteiger charge is 2.22. The molecule has 0 aliphatic carbocycles. The summed E-state index contributed by atoms with van der Waals surface area (Å²) in [6.45, 7) is 6.46. The lowest BCUT2D eigenvalue weighted by Gasteiger charge is -2.08. The van der Waals surface area contributed by atoms with Gasteiger partial charge in [0, 0.05) is 28.0 Å². The van der Waals surface area contributed by atoms with Gasteiger partial charge in [-0.1, -0.05) is 68.4 Å². The van der Waals surface area contributed by atoms with E-state index >= 15 is 0 Å². The summed E-state index contributed by atoms with van der Waals surface area (Å²) in [5.41, 5.74) is 5.31. The third-order valence-electron chi connectivity index (χ3n) is 5.03. The number of ether oxygens (including phenoxy) is 1. The lowest BCUT2D eigenvalue weighted by molar-refractivity contribution is -0.137. The Bertz CT molecular complexity index is 1200. The molecule has 4 rings (SSSR count). The first-order chi connectivity index (χ1) is 14.1. The molecule has 4 aromatic rings. The first-order valence-corrected chi connectivity index (χ1v) is 9.94. The van der Waals surface area contributed by atoms with Crippen molar-refractivity contribution in [2.75, 3.05) is 6.61 Å². The van der Waals surface area contributed by atoms with Crippen molar-refractivity contribution in [2.45, 2.75) is 26.7 Å². The zero-order valence-electron chi connectivity index (χ0n) is 16.9. The van der Waals surface area contributed by atoms with E-state index in [2.05, 4.69) is 38.1 Å². The summed E-state index contributed by atoms with van der Waals surface area (Å²) >= 11 is 0. The lowest BCUT2D eigenvalue weighted by atomic mass is 9.96. The molecule has 4 nitrogen and oxygen atoms in total. The van der Waals surface area contributed by atoms with E-state index in [1.165, 1.54) is 6.08 Å².